The topological polar surface area (TPSA) is 20.2 Å². The van der Waals surface area contributed by atoms with Crippen molar-refractivity contribution in [1.29, 1.82) is 0 Å². The van der Waals surface area contributed by atoms with Crippen molar-refractivity contribution in [3.8, 4) is 0 Å². The monoisotopic (exact) mass is 286 g/mol. The lowest BCUT2D eigenvalue weighted by Gasteiger charge is -2.31. The van der Waals surface area contributed by atoms with Crippen molar-refractivity contribution in [2.75, 3.05) is 0 Å². The van der Waals surface area contributed by atoms with Gasteiger partial charge in [-0.05, 0) is 52.7 Å². The number of aliphatic hydroxyl groups is 1. The highest BCUT2D eigenvalue weighted by molar-refractivity contribution is 9.10. The van der Waals surface area contributed by atoms with Crippen LogP contribution in [-0.2, 0) is 6.42 Å². The molecular formula is C13H16BrFO. The summed E-state index contributed by atoms with van der Waals surface area (Å²) in [4.78, 5) is 0. The van der Waals surface area contributed by atoms with E-state index in [0.29, 0.717) is 10.9 Å². The largest absolute Gasteiger partial charge is 0.389 e. The van der Waals surface area contributed by atoms with Crippen molar-refractivity contribution >= 4 is 15.9 Å². The van der Waals surface area contributed by atoms with Gasteiger partial charge in [-0.1, -0.05) is 19.1 Å². The SMILES string of the molecule is CC(O)(Cc1cccc(F)c1Br)C1(C)CC1. The number of halogens is 2. The Labute approximate surface area is 104 Å². The normalized spacial score (nSPS) is 21.6. The summed E-state index contributed by atoms with van der Waals surface area (Å²) in [5.41, 5.74) is 0.0698. The van der Waals surface area contributed by atoms with Crippen molar-refractivity contribution in [3.05, 3.63) is 34.1 Å². The van der Waals surface area contributed by atoms with Gasteiger partial charge in [0, 0.05) is 6.42 Å². The van der Waals surface area contributed by atoms with Gasteiger partial charge in [-0.15, -0.1) is 0 Å². The Morgan fingerprint density at radius 2 is 2.12 bits per heavy atom. The number of rotatable bonds is 3. The standard InChI is InChI=1S/C13H16BrFO/c1-12(6-7-12)13(2,16)8-9-4-3-5-10(15)11(9)14/h3-5,16H,6-8H2,1-2H3. The van der Waals surface area contributed by atoms with Crippen LogP contribution in [0.2, 0.25) is 0 Å². The van der Waals surface area contributed by atoms with Crippen LogP contribution < -0.4 is 0 Å². The van der Waals surface area contributed by atoms with E-state index in [4.69, 9.17) is 0 Å². The zero-order chi connectivity index (χ0) is 12.0. The molecule has 0 heterocycles. The highest BCUT2D eigenvalue weighted by Crippen LogP contribution is 2.54. The first-order valence-electron chi connectivity index (χ1n) is 5.51. The van der Waals surface area contributed by atoms with Gasteiger partial charge in [0.25, 0.3) is 0 Å². The quantitative estimate of drug-likeness (QED) is 0.899. The molecule has 1 aliphatic carbocycles. The van der Waals surface area contributed by atoms with E-state index in [2.05, 4.69) is 22.9 Å². The molecule has 3 heteroatoms. The van der Waals surface area contributed by atoms with Crippen molar-refractivity contribution in [3.63, 3.8) is 0 Å². The molecule has 1 unspecified atom stereocenters. The lowest BCUT2D eigenvalue weighted by molar-refractivity contribution is -0.00720. The summed E-state index contributed by atoms with van der Waals surface area (Å²) in [7, 11) is 0. The molecule has 2 rings (SSSR count). The predicted molar refractivity (Wildman–Crippen MR) is 65.8 cm³/mol. The minimum absolute atomic E-state index is 0.00123. The molecule has 0 saturated heterocycles. The Morgan fingerprint density at radius 3 is 2.69 bits per heavy atom. The third-order valence-corrected chi connectivity index (χ3v) is 4.75. The van der Waals surface area contributed by atoms with Gasteiger partial charge in [0.1, 0.15) is 5.82 Å². The fourth-order valence-electron chi connectivity index (χ4n) is 2.00. The Hall–Kier alpha value is -0.410. The predicted octanol–water partition coefficient (Wildman–Crippen LogP) is 3.68. The summed E-state index contributed by atoms with van der Waals surface area (Å²) < 4.78 is 13.8. The average molecular weight is 287 g/mol. The molecule has 1 saturated carbocycles. The van der Waals surface area contributed by atoms with Gasteiger partial charge >= 0.3 is 0 Å². The first-order chi connectivity index (χ1) is 7.36. The number of benzene rings is 1. The van der Waals surface area contributed by atoms with E-state index in [1.807, 2.05) is 13.0 Å². The molecular weight excluding hydrogens is 271 g/mol. The van der Waals surface area contributed by atoms with Crippen molar-refractivity contribution in [2.45, 2.75) is 38.7 Å². The van der Waals surface area contributed by atoms with E-state index in [-0.39, 0.29) is 11.2 Å². The van der Waals surface area contributed by atoms with Crippen LogP contribution in [0.1, 0.15) is 32.3 Å². The van der Waals surface area contributed by atoms with E-state index >= 15 is 0 Å². The van der Waals surface area contributed by atoms with Crippen molar-refractivity contribution in [2.24, 2.45) is 5.41 Å². The third kappa shape index (κ3) is 2.03. The molecule has 0 aromatic heterocycles. The Morgan fingerprint density at radius 1 is 1.50 bits per heavy atom. The summed E-state index contributed by atoms with van der Waals surface area (Å²) in [6.45, 7) is 3.93. The minimum Gasteiger partial charge on any atom is -0.389 e. The molecule has 16 heavy (non-hydrogen) atoms. The van der Waals surface area contributed by atoms with E-state index in [1.54, 1.807) is 6.07 Å². The lowest BCUT2D eigenvalue weighted by Crippen LogP contribution is -2.36. The maximum atomic E-state index is 13.3. The van der Waals surface area contributed by atoms with Gasteiger partial charge in [-0.3, -0.25) is 0 Å². The van der Waals surface area contributed by atoms with Crippen LogP contribution in [0.5, 0.6) is 0 Å². The van der Waals surface area contributed by atoms with Gasteiger partial charge in [0.05, 0.1) is 10.1 Å². The van der Waals surface area contributed by atoms with Crippen LogP contribution in [0, 0.1) is 11.2 Å². The molecule has 1 atom stereocenters. The molecule has 1 nitrogen and oxygen atoms in total. The van der Waals surface area contributed by atoms with Crippen LogP contribution in [0.4, 0.5) is 4.39 Å². The molecule has 0 radical (unpaired) electrons. The third-order valence-electron chi connectivity index (χ3n) is 3.87. The Kier molecular flexibility index (Phi) is 2.87. The van der Waals surface area contributed by atoms with E-state index in [9.17, 15) is 9.50 Å². The minimum atomic E-state index is -0.761. The van der Waals surface area contributed by atoms with Gasteiger partial charge in [0.15, 0.2) is 0 Å². The smallest absolute Gasteiger partial charge is 0.137 e. The second-order valence-electron chi connectivity index (χ2n) is 5.22. The number of hydrogen-bond donors (Lipinski definition) is 1. The summed E-state index contributed by atoms with van der Waals surface area (Å²) in [6, 6.07) is 4.95. The molecule has 0 spiro atoms. The fraction of sp³-hybridized carbons (Fsp3) is 0.538. The summed E-state index contributed by atoms with van der Waals surface area (Å²) >= 11 is 3.23. The molecule has 1 fully saturated rings. The average Bonchev–Trinajstić information content (AvgIpc) is 2.93. The molecule has 0 bridgehead atoms. The highest BCUT2D eigenvalue weighted by Gasteiger charge is 2.52. The van der Waals surface area contributed by atoms with Crippen LogP contribution >= 0.6 is 15.9 Å². The fourth-order valence-corrected chi connectivity index (χ4v) is 2.40. The van der Waals surface area contributed by atoms with Crippen LogP contribution in [0.25, 0.3) is 0 Å². The highest BCUT2D eigenvalue weighted by atomic mass is 79.9. The van der Waals surface area contributed by atoms with Crippen molar-refractivity contribution < 1.29 is 9.50 Å². The lowest BCUT2D eigenvalue weighted by atomic mass is 9.82. The number of hydrogen-bond acceptors (Lipinski definition) is 1. The van der Waals surface area contributed by atoms with Gasteiger partial charge in [-0.25, -0.2) is 4.39 Å². The molecule has 1 aliphatic rings. The van der Waals surface area contributed by atoms with Crippen LogP contribution in [0.3, 0.4) is 0 Å². The Bertz CT molecular complexity index is 410. The Balaban J connectivity index is 2.24. The first-order valence-corrected chi connectivity index (χ1v) is 6.30. The van der Waals surface area contributed by atoms with Crippen molar-refractivity contribution in [1.82, 2.24) is 0 Å². The molecule has 1 N–H and O–H groups in total. The second kappa shape index (κ2) is 3.81. The molecule has 1 aromatic rings. The second-order valence-corrected chi connectivity index (χ2v) is 6.02. The molecule has 1 aromatic carbocycles. The summed E-state index contributed by atoms with van der Waals surface area (Å²) in [6.07, 6.45) is 2.59. The van der Waals surface area contributed by atoms with E-state index in [1.165, 1.54) is 6.07 Å². The first kappa shape index (κ1) is 12.1. The van der Waals surface area contributed by atoms with E-state index < -0.39 is 5.60 Å². The molecule has 88 valence electrons. The zero-order valence-electron chi connectivity index (χ0n) is 9.56. The molecule has 0 aliphatic heterocycles. The maximum Gasteiger partial charge on any atom is 0.137 e. The maximum absolute atomic E-state index is 13.3. The zero-order valence-corrected chi connectivity index (χ0v) is 11.1. The van der Waals surface area contributed by atoms with Gasteiger partial charge < -0.3 is 5.11 Å². The molecule has 0 amide bonds. The summed E-state index contributed by atoms with van der Waals surface area (Å²) in [5, 5.41) is 10.4. The summed E-state index contributed by atoms with van der Waals surface area (Å²) in [5.74, 6) is -0.269. The van der Waals surface area contributed by atoms with Gasteiger partial charge in [-0.2, -0.15) is 0 Å². The van der Waals surface area contributed by atoms with Crippen LogP contribution in [-0.4, -0.2) is 10.7 Å². The van der Waals surface area contributed by atoms with E-state index in [0.717, 1.165) is 18.4 Å². The van der Waals surface area contributed by atoms with Crippen LogP contribution in [0.15, 0.2) is 22.7 Å². The van der Waals surface area contributed by atoms with Gasteiger partial charge in [0.2, 0.25) is 0 Å².